The van der Waals surface area contributed by atoms with E-state index in [1.165, 1.54) is 6.07 Å². The van der Waals surface area contributed by atoms with Crippen LogP contribution in [0.25, 0.3) is 0 Å². The topological polar surface area (TPSA) is 50.8 Å². The van der Waals surface area contributed by atoms with Crippen LogP contribution in [0.5, 0.6) is 5.75 Å². The van der Waals surface area contributed by atoms with E-state index in [-0.39, 0.29) is 18.2 Å². The zero-order chi connectivity index (χ0) is 21.7. The molecule has 8 heteroatoms. The molecule has 1 fully saturated rings. The van der Waals surface area contributed by atoms with Crippen LogP contribution in [0.3, 0.4) is 0 Å². The summed E-state index contributed by atoms with van der Waals surface area (Å²) in [7, 11) is 0. The van der Waals surface area contributed by atoms with Crippen molar-refractivity contribution in [3.63, 3.8) is 0 Å². The predicted molar refractivity (Wildman–Crippen MR) is 109 cm³/mol. The fourth-order valence-electron chi connectivity index (χ4n) is 3.31. The molecule has 2 aromatic carbocycles. The molecule has 1 saturated heterocycles. The first-order chi connectivity index (χ1) is 14.3. The Kier molecular flexibility index (Phi) is 6.87. The standard InChI is InChI=1S/C22H25F3N2O3/c1-15(2)17-5-3-4-6-20(17)30-14-21(28)26-18-13-16(22(23,24)25)7-8-19(18)27-9-11-29-12-10-27/h3-8,13,15H,9-12,14H2,1-2H3,(H,26,28). The van der Waals surface area contributed by atoms with Crippen LogP contribution >= 0.6 is 0 Å². The van der Waals surface area contributed by atoms with Gasteiger partial charge in [0.2, 0.25) is 0 Å². The van der Waals surface area contributed by atoms with Crippen molar-refractivity contribution in [2.45, 2.75) is 25.9 Å². The molecular weight excluding hydrogens is 397 g/mol. The van der Waals surface area contributed by atoms with Gasteiger partial charge in [-0.25, -0.2) is 0 Å². The van der Waals surface area contributed by atoms with Gasteiger partial charge in [-0.3, -0.25) is 4.79 Å². The lowest BCUT2D eigenvalue weighted by atomic mass is 10.0. The van der Waals surface area contributed by atoms with Gasteiger partial charge >= 0.3 is 6.18 Å². The maximum absolute atomic E-state index is 13.2. The normalized spacial score (nSPS) is 14.7. The summed E-state index contributed by atoms with van der Waals surface area (Å²) in [5, 5.41) is 2.59. The first-order valence-corrected chi connectivity index (χ1v) is 9.81. The Bertz CT molecular complexity index is 878. The summed E-state index contributed by atoms with van der Waals surface area (Å²) in [5.41, 5.74) is 0.777. The van der Waals surface area contributed by atoms with Crippen LogP contribution in [0, 0.1) is 0 Å². The summed E-state index contributed by atoms with van der Waals surface area (Å²) in [5.74, 6) is 0.267. The van der Waals surface area contributed by atoms with E-state index in [0.29, 0.717) is 37.7 Å². The van der Waals surface area contributed by atoms with E-state index in [4.69, 9.17) is 9.47 Å². The zero-order valence-electron chi connectivity index (χ0n) is 17.0. The number of amides is 1. The van der Waals surface area contributed by atoms with Crippen LogP contribution in [-0.2, 0) is 15.7 Å². The zero-order valence-corrected chi connectivity index (χ0v) is 17.0. The van der Waals surface area contributed by atoms with Gasteiger partial charge in [0.15, 0.2) is 6.61 Å². The smallest absolute Gasteiger partial charge is 0.416 e. The molecule has 1 amide bonds. The van der Waals surface area contributed by atoms with E-state index in [0.717, 1.165) is 17.7 Å². The Labute approximate surface area is 173 Å². The number of carbonyl (C=O) groups is 1. The lowest BCUT2D eigenvalue weighted by Gasteiger charge is -2.31. The molecule has 30 heavy (non-hydrogen) atoms. The number of nitrogens with zero attached hydrogens (tertiary/aromatic N) is 1. The molecule has 0 saturated carbocycles. The second kappa shape index (κ2) is 9.38. The van der Waals surface area contributed by atoms with Crippen molar-refractivity contribution in [2.24, 2.45) is 0 Å². The molecule has 1 N–H and O–H groups in total. The van der Waals surface area contributed by atoms with Crippen LogP contribution in [0.15, 0.2) is 42.5 Å². The number of hydrogen-bond donors (Lipinski definition) is 1. The molecule has 0 bridgehead atoms. The molecule has 0 radical (unpaired) electrons. The second-order valence-corrected chi connectivity index (χ2v) is 7.36. The van der Waals surface area contributed by atoms with Crippen molar-refractivity contribution < 1.29 is 27.4 Å². The first-order valence-electron chi connectivity index (χ1n) is 9.81. The van der Waals surface area contributed by atoms with Crippen molar-refractivity contribution in [3.05, 3.63) is 53.6 Å². The third-order valence-corrected chi connectivity index (χ3v) is 4.85. The molecule has 0 atom stereocenters. The molecule has 162 valence electrons. The molecule has 1 heterocycles. The summed E-state index contributed by atoms with van der Waals surface area (Å²) in [4.78, 5) is 14.4. The fraction of sp³-hybridized carbons (Fsp3) is 0.409. The average molecular weight is 422 g/mol. The van der Waals surface area contributed by atoms with Gasteiger partial charge in [0.05, 0.1) is 30.2 Å². The average Bonchev–Trinajstić information content (AvgIpc) is 2.72. The number of ether oxygens (including phenoxy) is 2. The van der Waals surface area contributed by atoms with E-state index < -0.39 is 17.6 Å². The summed E-state index contributed by atoms with van der Waals surface area (Å²) < 4.78 is 50.5. The minimum atomic E-state index is -4.50. The van der Waals surface area contributed by atoms with Gasteiger partial charge in [-0.15, -0.1) is 0 Å². The Morgan fingerprint density at radius 3 is 2.53 bits per heavy atom. The highest BCUT2D eigenvalue weighted by Crippen LogP contribution is 2.36. The highest BCUT2D eigenvalue weighted by atomic mass is 19.4. The van der Waals surface area contributed by atoms with Crippen LogP contribution in [-0.4, -0.2) is 38.8 Å². The molecule has 0 spiro atoms. The molecule has 0 unspecified atom stereocenters. The Morgan fingerprint density at radius 1 is 1.17 bits per heavy atom. The van der Waals surface area contributed by atoms with E-state index >= 15 is 0 Å². The maximum Gasteiger partial charge on any atom is 0.416 e. The van der Waals surface area contributed by atoms with Gasteiger partial charge in [0.1, 0.15) is 5.75 Å². The van der Waals surface area contributed by atoms with Gasteiger partial charge in [-0.2, -0.15) is 13.2 Å². The summed E-state index contributed by atoms with van der Waals surface area (Å²) in [6.45, 7) is 5.74. The number of carbonyl (C=O) groups excluding carboxylic acids is 1. The Balaban J connectivity index is 1.77. The first kappa shape index (κ1) is 22.0. The minimum absolute atomic E-state index is 0.109. The quantitative estimate of drug-likeness (QED) is 0.734. The second-order valence-electron chi connectivity index (χ2n) is 7.36. The monoisotopic (exact) mass is 422 g/mol. The summed E-state index contributed by atoms with van der Waals surface area (Å²) in [6, 6.07) is 10.8. The van der Waals surface area contributed by atoms with Gasteiger partial charge in [0, 0.05) is 13.1 Å². The number of para-hydroxylation sites is 1. The number of benzene rings is 2. The minimum Gasteiger partial charge on any atom is -0.483 e. The summed E-state index contributed by atoms with van der Waals surface area (Å²) in [6.07, 6.45) is -4.50. The predicted octanol–water partition coefficient (Wildman–Crippen LogP) is 4.68. The van der Waals surface area contributed by atoms with Gasteiger partial charge in [0.25, 0.3) is 5.91 Å². The highest BCUT2D eigenvalue weighted by molar-refractivity contribution is 5.95. The molecule has 2 aromatic rings. The molecular formula is C22H25F3N2O3. The number of rotatable bonds is 6. The van der Waals surface area contributed by atoms with Crippen LogP contribution in [0.1, 0.15) is 30.9 Å². The number of halogens is 3. The third-order valence-electron chi connectivity index (χ3n) is 4.85. The van der Waals surface area contributed by atoms with Crippen molar-refractivity contribution in [3.8, 4) is 5.75 Å². The van der Waals surface area contributed by atoms with Gasteiger partial charge < -0.3 is 19.7 Å². The van der Waals surface area contributed by atoms with Crippen molar-refractivity contribution >= 4 is 17.3 Å². The van der Waals surface area contributed by atoms with E-state index in [2.05, 4.69) is 5.32 Å². The van der Waals surface area contributed by atoms with Crippen LogP contribution < -0.4 is 15.0 Å². The molecule has 5 nitrogen and oxygen atoms in total. The molecule has 0 aromatic heterocycles. The Hall–Kier alpha value is -2.74. The Morgan fingerprint density at radius 2 is 1.87 bits per heavy atom. The van der Waals surface area contributed by atoms with Crippen molar-refractivity contribution in [1.82, 2.24) is 0 Å². The maximum atomic E-state index is 13.2. The number of alkyl halides is 3. The highest BCUT2D eigenvalue weighted by Gasteiger charge is 2.32. The third kappa shape index (κ3) is 5.44. The lowest BCUT2D eigenvalue weighted by molar-refractivity contribution is -0.137. The summed E-state index contributed by atoms with van der Waals surface area (Å²) >= 11 is 0. The van der Waals surface area contributed by atoms with Gasteiger partial charge in [-0.05, 0) is 35.7 Å². The van der Waals surface area contributed by atoms with E-state index in [1.54, 1.807) is 6.07 Å². The van der Waals surface area contributed by atoms with Gasteiger partial charge in [-0.1, -0.05) is 32.0 Å². The van der Waals surface area contributed by atoms with Crippen molar-refractivity contribution in [1.29, 1.82) is 0 Å². The number of morpholine rings is 1. The number of hydrogen-bond acceptors (Lipinski definition) is 4. The molecule has 3 rings (SSSR count). The number of anilines is 2. The SMILES string of the molecule is CC(C)c1ccccc1OCC(=O)Nc1cc(C(F)(F)F)ccc1N1CCOCC1. The molecule has 1 aliphatic rings. The van der Waals surface area contributed by atoms with Crippen molar-refractivity contribution in [2.75, 3.05) is 43.1 Å². The largest absolute Gasteiger partial charge is 0.483 e. The molecule has 1 aliphatic heterocycles. The number of nitrogens with one attached hydrogen (secondary N) is 1. The lowest BCUT2D eigenvalue weighted by Crippen LogP contribution is -2.37. The van der Waals surface area contributed by atoms with E-state index in [9.17, 15) is 18.0 Å². The van der Waals surface area contributed by atoms with E-state index in [1.807, 2.05) is 36.9 Å². The van der Waals surface area contributed by atoms with Crippen LogP contribution in [0.4, 0.5) is 24.5 Å². The molecule has 0 aliphatic carbocycles. The van der Waals surface area contributed by atoms with Crippen LogP contribution in [0.2, 0.25) is 0 Å². The fourth-order valence-corrected chi connectivity index (χ4v) is 3.31.